The number of aliphatic hydroxyl groups is 2. The van der Waals surface area contributed by atoms with Crippen LogP contribution in [0.15, 0.2) is 24.3 Å². The summed E-state index contributed by atoms with van der Waals surface area (Å²) in [4.78, 5) is 0. The first kappa shape index (κ1) is 11.6. The van der Waals surface area contributed by atoms with Crippen molar-refractivity contribution in [1.29, 1.82) is 0 Å². The van der Waals surface area contributed by atoms with Crippen LogP contribution in [0.2, 0.25) is 0 Å². The van der Waals surface area contributed by atoms with Gasteiger partial charge in [0, 0.05) is 0 Å². The zero-order valence-corrected chi connectivity index (χ0v) is 9.76. The average molecular weight is 220 g/mol. The van der Waals surface area contributed by atoms with Gasteiger partial charge in [-0.15, -0.1) is 0 Å². The summed E-state index contributed by atoms with van der Waals surface area (Å²) < 4.78 is 0. The Kier molecular flexibility index (Phi) is 3.62. The lowest BCUT2D eigenvalue weighted by Crippen LogP contribution is -2.20. The number of hydrogen-bond donors (Lipinski definition) is 2. The maximum Gasteiger partial charge on any atom is 0.105 e. The van der Waals surface area contributed by atoms with E-state index in [1.54, 1.807) is 0 Å². The van der Waals surface area contributed by atoms with Gasteiger partial charge in [-0.25, -0.2) is 0 Å². The average Bonchev–Trinajstić information content (AvgIpc) is 3.12. The summed E-state index contributed by atoms with van der Waals surface area (Å²) in [5.41, 5.74) is 2.12. The predicted octanol–water partition coefficient (Wildman–Crippen LogP) is 2.44. The van der Waals surface area contributed by atoms with Crippen molar-refractivity contribution in [1.82, 2.24) is 0 Å². The van der Waals surface area contributed by atoms with Crippen molar-refractivity contribution < 1.29 is 10.2 Å². The number of aliphatic hydroxyl groups excluding tert-OH is 2. The summed E-state index contributed by atoms with van der Waals surface area (Å²) >= 11 is 0. The highest BCUT2D eigenvalue weighted by Crippen LogP contribution is 2.37. The Hall–Kier alpha value is -0.860. The molecule has 0 spiro atoms. The van der Waals surface area contributed by atoms with Crippen LogP contribution < -0.4 is 0 Å². The van der Waals surface area contributed by atoms with E-state index in [-0.39, 0.29) is 0 Å². The van der Waals surface area contributed by atoms with Gasteiger partial charge in [0.25, 0.3) is 0 Å². The lowest BCUT2D eigenvalue weighted by molar-refractivity contribution is 0.00484. The van der Waals surface area contributed by atoms with Gasteiger partial charge in [0.05, 0.1) is 6.10 Å². The molecule has 16 heavy (non-hydrogen) atoms. The van der Waals surface area contributed by atoms with Crippen molar-refractivity contribution in [3.8, 4) is 0 Å². The standard InChI is InChI=1S/C14H20O2/c1-2-3-10-4-6-11(7-5-10)13(15)14(16)12-8-9-12/h4-7,12-16H,2-3,8-9H2,1H3. The molecular weight excluding hydrogens is 200 g/mol. The van der Waals surface area contributed by atoms with E-state index < -0.39 is 12.2 Å². The Balaban J connectivity index is 2.02. The molecule has 0 aliphatic heterocycles. The second-order valence-electron chi connectivity index (χ2n) is 4.76. The molecule has 1 aliphatic carbocycles. The van der Waals surface area contributed by atoms with Crippen molar-refractivity contribution in [3.63, 3.8) is 0 Å². The van der Waals surface area contributed by atoms with Crippen molar-refractivity contribution >= 4 is 0 Å². The summed E-state index contributed by atoms with van der Waals surface area (Å²) in [7, 11) is 0. The van der Waals surface area contributed by atoms with E-state index in [4.69, 9.17) is 0 Å². The third kappa shape index (κ3) is 2.63. The molecule has 2 N–H and O–H groups in total. The molecule has 0 bridgehead atoms. The molecule has 1 aromatic rings. The molecule has 88 valence electrons. The highest BCUT2D eigenvalue weighted by molar-refractivity contribution is 5.25. The molecule has 2 atom stereocenters. The molecule has 2 rings (SSSR count). The molecule has 0 amide bonds. The van der Waals surface area contributed by atoms with Gasteiger partial charge in [-0.3, -0.25) is 0 Å². The molecular formula is C14H20O2. The lowest BCUT2D eigenvalue weighted by Gasteiger charge is -2.17. The van der Waals surface area contributed by atoms with E-state index in [0.717, 1.165) is 31.2 Å². The van der Waals surface area contributed by atoms with Crippen molar-refractivity contribution in [2.45, 2.75) is 44.8 Å². The molecule has 2 unspecified atom stereocenters. The topological polar surface area (TPSA) is 40.5 Å². The fraction of sp³-hybridized carbons (Fsp3) is 0.571. The highest BCUT2D eigenvalue weighted by Gasteiger charge is 2.34. The molecule has 0 radical (unpaired) electrons. The van der Waals surface area contributed by atoms with E-state index in [2.05, 4.69) is 6.92 Å². The Morgan fingerprint density at radius 2 is 1.81 bits per heavy atom. The minimum atomic E-state index is -0.719. The molecule has 0 saturated heterocycles. The molecule has 1 saturated carbocycles. The van der Waals surface area contributed by atoms with E-state index in [9.17, 15) is 10.2 Å². The van der Waals surface area contributed by atoms with Crippen molar-refractivity contribution in [2.24, 2.45) is 5.92 Å². The number of hydrogen-bond acceptors (Lipinski definition) is 2. The number of aryl methyl sites for hydroxylation is 1. The predicted molar refractivity (Wildman–Crippen MR) is 64.1 cm³/mol. The van der Waals surface area contributed by atoms with Crippen molar-refractivity contribution in [3.05, 3.63) is 35.4 Å². The van der Waals surface area contributed by atoms with Crippen LogP contribution in [0.3, 0.4) is 0 Å². The monoisotopic (exact) mass is 220 g/mol. The Morgan fingerprint density at radius 1 is 1.19 bits per heavy atom. The first-order chi connectivity index (χ1) is 7.72. The van der Waals surface area contributed by atoms with Gasteiger partial charge in [0.1, 0.15) is 6.10 Å². The lowest BCUT2D eigenvalue weighted by atomic mass is 9.99. The van der Waals surface area contributed by atoms with Crippen LogP contribution >= 0.6 is 0 Å². The maximum absolute atomic E-state index is 9.97. The molecule has 2 nitrogen and oxygen atoms in total. The Morgan fingerprint density at radius 3 is 2.31 bits per heavy atom. The minimum Gasteiger partial charge on any atom is -0.390 e. The van der Waals surface area contributed by atoms with Gasteiger partial charge in [0.15, 0.2) is 0 Å². The fourth-order valence-electron chi connectivity index (χ4n) is 2.06. The normalized spacial score (nSPS) is 19.4. The van der Waals surface area contributed by atoms with E-state index >= 15 is 0 Å². The van der Waals surface area contributed by atoms with Crippen LogP contribution in [0, 0.1) is 5.92 Å². The van der Waals surface area contributed by atoms with Crippen LogP contribution in [-0.2, 0) is 6.42 Å². The van der Waals surface area contributed by atoms with E-state index in [1.165, 1.54) is 5.56 Å². The number of benzene rings is 1. The smallest absolute Gasteiger partial charge is 0.105 e. The van der Waals surface area contributed by atoms with Gasteiger partial charge in [-0.1, -0.05) is 37.6 Å². The minimum absolute atomic E-state index is 0.310. The summed E-state index contributed by atoms with van der Waals surface area (Å²) in [6.07, 6.45) is 2.99. The van der Waals surface area contributed by atoms with Crippen molar-refractivity contribution in [2.75, 3.05) is 0 Å². The first-order valence-electron chi connectivity index (χ1n) is 6.17. The van der Waals surface area contributed by atoms with Crippen LogP contribution in [0.4, 0.5) is 0 Å². The molecule has 1 aromatic carbocycles. The second kappa shape index (κ2) is 4.98. The van der Waals surface area contributed by atoms with Gasteiger partial charge < -0.3 is 10.2 Å². The van der Waals surface area contributed by atoms with Crippen LogP contribution in [-0.4, -0.2) is 16.3 Å². The largest absolute Gasteiger partial charge is 0.390 e. The molecule has 1 fully saturated rings. The molecule has 2 heteroatoms. The molecule has 1 aliphatic rings. The zero-order chi connectivity index (χ0) is 11.5. The highest BCUT2D eigenvalue weighted by atomic mass is 16.3. The van der Waals surface area contributed by atoms with E-state index in [0.29, 0.717) is 5.92 Å². The molecule has 0 heterocycles. The van der Waals surface area contributed by atoms with E-state index in [1.807, 2.05) is 24.3 Å². The van der Waals surface area contributed by atoms with Gasteiger partial charge >= 0.3 is 0 Å². The quantitative estimate of drug-likeness (QED) is 0.800. The first-order valence-corrected chi connectivity index (χ1v) is 6.17. The SMILES string of the molecule is CCCc1ccc(C(O)C(O)C2CC2)cc1. The van der Waals surface area contributed by atoms with Gasteiger partial charge in [-0.05, 0) is 36.3 Å². The number of rotatable bonds is 5. The summed E-state index contributed by atoms with van der Waals surface area (Å²) in [5, 5.41) is 19.8. The van der Waals surface area contributed by atoms with Gasteiger partial charge in [-0.2, -0.15) is 0 Å². The van der Waals surface area contributed by atoms with Crippen LogP contribution in [0.1, 0.15) is 43.4 Å². The maximum atomic E-state index is 9.97. The summed E-state index contributed by atoms with van der Waals surface area (Å²) in [6, 6.07) is 7.95. The third-order valence-corrected chi connectivity index (χ3v) is 3.29. The van der Waals surface area contributed by atoms with Crippen LogP contribution in [0.25, 0.3) is 0 Å². The molecule has 0 aromatic heterocycles. The van der Waals surface area contributed by atoms with Gasteiger partial charge in [0.2, 0.25) is 0 Å². The zero-order valence-electron chi connectivity index (χ0n) is 9.76. The summed E-state index contributed by atoms with van der Waals surface area (Å²) in [6.45, 7) is 2.15. The third-order valence-electron chi connectivity index (χ3n) is 3.29. The second-order valence-corrected chi connectivity index (χ2v) is 4.76. The van der Waals surface area contributed by atoms with Crippen LogP contribution in [0.5, 0.6) is 0 Å². The summed E-state index contributed by atoms with van der Waals surface area (Å²) in [5.74, 6) is 0.310. The Labute approximate surface area is 96.9 Å². The Bertz CT molecular complexity index is 327. The fourth-order valence-corrected chi connectivity index (χ4v) is 2.06.